The summed E-state index contributed by atoms with van der Waals surface area (Å²) in [5.74, 6) is -0.534. The van der Waals surface area contributed by atoms with E-state index in [1.807, 2.05) is 20.8 Å². The number of nitrogens with zero attached hydrogens (tertiary/aromatic N) is 2. The quantitative estimate of drug-likeness (QED) is 0.653. The Kier molecular flexibility index (Phi) is 3.97. The number of piperazine rings is 1. The van der Waals surface area contributed by atoms with E-state index in [2.05, 4.69) is 5.32 Å². The Hall–Kier alpha value is -1.63. The number of piperidine rings is 1. The van der Waals surface area contributed by atoms with Crippen molar-refractivity contribution in [1.29, 1.82) is 0 Å². The Morgan fingerprint density at radius 3 is 2.29 bits per heavy atom. The smallest absolute Gasteiger partial charge is 0.410 e. The van der Waals surface area contributed by atoms with E-state index >= 15 is 0 Å². The third-order valence-corrected chi connectivity index (χ3v) is 4.03. The summed E-state index contributed by atoms with van der Waals surface area (Å²) in [5, 5.41) is 2.40. The maximum absolute atomic E-state index is 12.2. The number of hydrogen-bond acceptors (Lipinski definition) is 5. The van der Waals surface area contributed by atoms with E-state index in [0.29, 0.717) is 25.9 Å². The first-order valence-electron chi connectivity index (χ1n) is 7.17. The molecule has 2 saturated heterocycles. The molecule has 7 heteroatoms. The van der Waals surface area contributed by atoms with Crippen molar-refractivity contribution in [2.75, 3.05) is 26.7 Å². The van der Waals surface area contributed by atoms with Gasteiger partial charge in [0.15, 0.2) is 0 Å². The molecule has 21 heavy (non-hydrogen) atoms. The number of carbonyl (C=O) groups is 3. The zero-order chi connectivity index (χ0) is 15.8. The van der Waals surface area contributed by atoms with Gasteiger partial charge in [0, 0.05) is 13.1 Å². The average molecular weight is 297 g/mol. The van der Waals surface area contributed by atoms with Crippen LogP contribution in [0.5, 0.6) is 0 Å². The first-order chi connectivity index (χ1) is 9.64. The normalized spacial score (nSPS) is 23.1. The molecule has 0 atom stereocenters. The highest BCUT2D eigenvalue weighted by atomic mass is 16.6. The lowest BCUT2D eigenvalue weighted by Crippen LogP contribution is -2.68. The van der Waals surface area contributed by atoms with Crippen LogP contribution in [0.4, 0.5) is 4.79 Å². The van der Waals surface area contributed by atoms with Crippen LogP contribution in [-0.2, 0) is 14.3 Å². The first kappa shape index (κ1) is 15.8. The Balaban J connectivity index is 2.01. The van der Waals surface area contributed by atoms with Crippen LogP contribution < -0.4 is 5.32 Å². The number of ether oxygens (including phenoxy) is 1. The lowest BCUT2D eigenvalue weighted by Gasteiger charge is -2.47. The maximum atomic E-state index is 12.2. The van der Waals surface area contributed by atoms with Crippen molar-refractivity contribution >= 4 is 17.9 Å². The topological polar surface area (TPSA) is 79.0 Å². The minimum absolute atomic E-state index is 0.207. The fraction of sp³-hybridized carbons (Fsp3) is 0.786. The Morgan fingerprint density at radius 2 is 1.81 bits per heavy atom. The van der Waals surface area contributed by atoms with E-state index in [1.54, 1.807) is 16.8 Å². The van der Waals surface area contributed by atoms with Gasteiger partial charge < -0.3 is 9.64 Å². The minimum Gasteiger partial charge on any atom is -0.444 e. The zero-order valence-corrected chi connectivity index (χ0v) is 13.1. The minimum atomic E-state index is -0.688. The molecule has 0 aliphatic carbocycles. The van der Waals surface area contributed by atoms with Crippen molar-refractivity contribution in [2.45, 2.75) is 44.8 Å². The molecule has 2 fully saturated rings. The number of hydrogen-bond donors (Lipinski definition) is 1. The van der Waals surface area contributed by atoms with Crippen molar-refractivity contribution < 1.29 is 19.1 Å². The van der Waals surface area contributed by atoms with Gasteiger partial charge in [-0.2, -0.15) is 0 Å². The lowest BCUT2D eigenvalue weighted by atomic mass is 9.83. The van der Waals surface area contributed by atoms with Gasteiger partial charge in [-0.15, -0.1) is 0 Å². The van der Waals surface area contributed by atoms with Gasteiger partial charge in [0.2, 0.25) is 11.8 Å². The molecule has 7 nitrogen and oxygen atoms in total. The van der Waals surface area contributed by atoms with E-state index in [9.17, 15) is 14.4 Å². The molecule has 0 aromatic rings. The van der Waals surface area contributed by atoms with Gasteiger partial charge >= 0.3 is 6.09 Å². The number of imide groups is 1. The molecule has 0 bridgehead atoms. The van der Waals surface area contributed by atoms with Gasteiger partial charge in [-0.25, -0.2) is 4.79 Å². The fourth-order valence-corrected chi connectivity index (χ4v) is 2.82. The molecule has 3 amide bonds. The molecule has 1 spiro atoms. The maximum Gasteiger partial charge on any atom is 0.410 e. The number of likely N-dealkylation sites (N-methyl/N-ethyl adjacent to an activating group) is 1. The Bertz CT molecular complexity index is 461. The summed E-state index contributed by atoms with van der Waals surface area (Å²) in [5.41, 5.74) is -1.22. The summed E-state index contributed by atoms with van der Waals surface area (Å²) in [6.45, 7) is 6.57. The van der Waals surface area contributed by atoms with E-state index < -0.39 is 11.1 Å². The summed E-state index contributed by atoms with van der Waals surface area (Å²) >= 11 is 0. The SMILES string of the molecule is CN1CC(=O)NC(=O)C12CCN(C(=O)OC(C)(C)C)CC2. The molecule has 118 valence electrons. The summed E-state index contributed by atoms with van der Waals surface area (Å²) in [6.07, 6.45) is 0.649. The van der Waals surface area contributed by atoms with E-state index in [-0.39, 0.29) is 24.5 Å². The van der Waals surface area contributed by atoms with Crippen LogP contribution in [0.25, 0.3) is 0 Å². The summed E-state index contributed by atoms with van der Waals surface area (Å²) in [4.78, 5) is 39.0. The average Bonchev–Trinajstić information content (AvgIpc) is 2.34. The second kappa shape index (κ2) is 5.29. The predicted octanol–water partition coefficient (Wildman–Crippen LogP) is 0.344. The van der Waals surface area contributed by atoms with Crippen molar-refractivity contribution in [3.05, 3.63) is 0 Å². The summed E-state index contributed by atoms with van der Waals surface area (Å²) in [7, 11) is 1.78. The highest BCUT2D eigenvalue weighted by Gasteiger charge is 2.49. The molecular weight excluding hydrogens is 274 g/mol. The van der Waals surface area contributed by atoms with Crippen LogP contribution >= 0.6 is 0 Å². The predicted molar refractivity (Wildman–Crippen MR) is 75.6 cm³/mol. The van der Waals surface area contributed by atoms with E-state index in [4.69, 9.17) is 4.74 Å². The molecule has 2 heterocycles. The van der Waals surface area contributed by atoms with Crippen molar-refractivity contribution in [2.24, 2.45) is 0 Å². The number of carbonyl (C=O) groups excluding carboxylic acids is 3. The van der Waals surface area contributed by atoms with Crippen LogP contribution in [0, 0.1) is 0 Å². The largest absolute Gasteiger partial charge is 0.444 e. The van der Waals surface area contributed by atoms with Gasteiger partial charge in [-0.1, -0.05) is 0 Å². The third-order valence-electron chi connectivity index (χ3n) is 4.03. The lowest BCUT2D eigenvalue weighted by molar-refractivity contribution is -0.148. The highest BCUT2D eigenvalue weighted by molar-refractivity contribution is 6.03. The van der Waals surface area contributed by atoms with Gasteiger partial charge in [0.05, 0.1) is 6.54 Å². The fourth-order valence-electron chi connectivity index (χ4n) is 2.82. The molecular formula is C14H23N3O4. The Morgan fingerprint density at radius 1 is 1.24 bits per heavy atom. The van der Waals surface area contributed by atoms with E-state index in [0.717, 1.165) is 0 Å². The molecule has 0 radical (unpaired) electrons. The molecule has 2 rings (SSSR count). The number of likely N-dealkylation sites (tertiary alicyclic amines) is 1. The second-order valence-corrected chi connectivity index (χ2v) is 6.73. The zero-order valence-electron chi connectivity index (χ0n) is 13.1. The van der Waals surface area contributed by atoms with Gasteiger partial charge in [0.25, 0.3) is 0 Å². The van der Waals surface area contributed by atoms with Crippen molar-refractivity contribution in [3.8, 4) is 0 Å². The van der Waals surface area contributed by atoms with E-state index in [1.165, 1.54) is 0 Å². The molecule has 0 aromatic carbocycles. The number of nitrogens with one attached hydrogen (secondary N) is 1. The summed E-state index contributed by atoms with van der Waals surface area (Å²) in [6, 6.07) is 0. The first-order valence-corrected chi connectivity index (χ1v) is 7.17. The van der Waals surface area contributed by atoms with Crippen LogP contribution in [0.1, 0.15) is 33.6 Å². The third kappa shape index (κ3) is 3.18. The van der Waals surface area contributed by atoms with Gasteiger partial charge in [-0.3, -0.25) is 19.8 Å². The van der Waals surface area contributed by atoms with Crippen molar-refractivity contribution in [1.82, 2.24) is 15.1 Å². The number of rotatable bonds is 0. The number of amides is 3. The molecule has 0 aromatic heterocycles. The molecule has 1 N–H and O–H groups in total. The van der Waals surface area contributed by atoms with Gasteiger partial charge in [-0.05, 0) is 40.7 Å². The second-order valence-electron chi connectivity index (χ2n) is 6.73. The van der Waals surface area contributed by atoms with Crippen LogP contribution in [0.3, 0.4) is 0 Å². The molecule has 0 unspecified atom stereocenters. The van der Waals surface area contributed by atoms with Gasteiger partial charge in [0.1, 0.15) is 11.1 Å². The van der Waals surface area contributed by atoms with Crippen LogP contribution in [0.2, 0.25) is 0 Å². The molecule has 0 saturated carbocycles. The molecule has 2 aliphatic rings. The standard InChI is InChI=1S/C14H23N3O4/c1-13(2,3)21-12(20)17-7-5-14(6-8-17)11(19)15-10(18)9-16(14)4/h5-9H2,1-4H3,(H,15,18,19). The van der Waals surface area contributed by atoms with Crippen LogP contribution in [0.15, 0.2) is 0 Å². The monoisotopic (exact) mass is 297 g/mol. The van der Waals surface area contributed by atoms with Crippen molar-refractivity contribution in [3.63, 3.8) is 0 Å². The summed E-state index contributed by atoms with van der Waals surface area (Å²) < 4.78 is 5.34. The molecule has 2 aliphatic heterocycles. The Labute approximate surface area is 124 Å². The highest BCUT2D eigenvalue weighted by Crippen LogP contribution is 2.30. The van der Waals surface area contributed by atoms with Crippen LogP contribution in [-0.4, -0.2) is 65.5 Å².